The van der Waals surface area contributed by atoms with Crippen molar-refractivity contribution in [3.63, 3.8) is 0 Å². The van der Waals surface area contributed by atoms with E-state index >= 15 is 0 Å². The van der Waals surface area contributed by atoms with E-state index in [2.05, 4.69) is 70.7 Å². The van der Waals surface area contributed by atoms with E-state index in [9.17, 15) is 0 Å². The van der Waals surface area contributed by atoms with Crippen molar-refractivity contribution in [1.29, 1.82) is 0 Å². The van der Waals surface area contributed by atoms with Crippen LogP contribution >= 0.6 is 0 Å². The van der Waals surface area contributed by atoms with E-state index in [1.807, 2.05) is 0 Å². The Morgan fingerprint density at radius 2 is 1.50 bits per heavy atom. The summed E-state index contributed by atoms with van der Waals surface area (Å²) in [6, 6.07) is 4.67. The molecular weight excluding hydrogens is 344 g/mol. The minimum Gasteiger partial charge on any atom is -0.456 e. The summed E-state index contributed by atoms with van der Waals surface area (Å²) in [5, 5.41) is 0. The summed E-state index contributed by atoms with van der Waals surface area (Å²) in [4.78, 5) is 4.78. The van der Waals surface area contributed by atoms with Gasteiger partial charge < -0.3 is 14.5 Å². The fourth-order valence-corrected chi connectivity index (χ4v) is 5.34. The second-order valence-corrected chi connectivity index (χ2v) is 8.13. The Bertz CT molecular complexity index is 1180. The lowest BCUT2D eigenvalue weighted by atomic mass is 9.87. The van der Waals surface area contributed by atoms with Crippen LogP contribution in [0.25, 0.3) is 18.2 Å². The second kappa shape index (κ2) is 5.20. The van der Waals surface area contributed by atoms with Gasteiger partial charge in [-0.3, -0.25) is 0 Å². The Morgan fingerprint density at radius 3 is 2.39 bits per heavy atom. The van der Waals surface area contributed by atoms with Gasteiger partial charge in [-0.2, -0.15) is 0 Å². The largest absolute Gasteiger partial charge is 0.456 e. The first-order valence-corrected chi connectivity index (χ1v) is 10.1. The zero-order chi connectivity index (χ0) is 18.2. The molecule has 0 saturated heterocycles. The topological polar surface area (TPSA) is 15.7 Å². The van der Waals surface area contributed by atoms with E-state index in [-0.39, 0.29) is 0 Å². The van der Waals surface area contributed by atoms with Gasteiger partial charge in [0.15, 0.2) is 0 Å². The zero-order valence-electron chi connectivity index (χ0n) is 15.6. The predicted molar refractivity (Wildman–Crippen MR) is 115 cm³/mol. The van der Waals surface area contributed by atoms with E-state index in [0.717, 1.165) is 44.0 Å². The van der Waals surface area contributed by atoms with Crippen LogP contribution in [0.15, 0.2) is 42.6 Å². The highest BCUT2D eigenvalue weighted by Gasteiger charge is 2.32. The molecule has 136 valence electrons. The van der Waals surface area contributed by atoms with E-state index in [4.69, 9.17) is 4.74 Å². The minimum atomic E-state index is 0.935. The lowest BCUT2D eigenvalue weighted by Crippen LogP contribution is -2.29. The number of allylic oxidation sites excluding steroid dienone is 1. The van der Waals surface area contributed by atoms with Crippen molar-refractivity contribution in [3.05, 3.63) is 76.0 Å². The molecule has 0 bridgehead atoms. The van der Waals surface area contributed by atoms with Crippen LogP contribution in [0.5, 0.6) is 11.5 Å². The highest BCUT2D eigenvalue weighted by atomic mass is 16.5. The lowest BCUT2D eigenvalue weighted by Gasteiger charge is -2.37. The molecule has 0 fully saturated rings. The van der Waals surface area contributed by atoms with Gasteiger partial charge in [0, 0.05) is 54.5 Å². The summed E-state index contributed by atoms with van der Waals surface area (Å²) in [6.45, 7) is 2.89. The van der Waals surface area contributed by atoms with Crippen molar-refractivity contribution in [2.24, 2.45) is 0 Å². The molecule has 0 aliphatic carbocycles. The quantitative estimate of drug-likeness (QED) is 0.549. The van der Waals surface area contributed by atoms with Crippen molar-refractivity contribution >= 4 is 29.6 Å². The minimum absolute atomic E-state index is 0.935. The van der Waals surface area contributed by atoms with Crippen LogP contribution in [0.3, 0.4) is 0 Å². The molecule has 0 atom stereocenters. The maximum Gasteiger partial charge on any atom is 0.140 e. The summed E-state index contributed by atoms with van der Waals surface area (Å²) in [5.41, 5.74) is 10.5. The monoisotopic (exact) mass is 364 g/mol. The summed E-state index contributed by atoms with van der Waals surface area (Å²) in [5.74, 6) is 2.15. The zero-order valence-corrected chi connectivity index (χ0v) is 15.6. The molecule has 0 radical (unpaired) electrons. The highest BCUT2D eigenvalue weighted by molar-refractivity contribution is 5.88. The molecule has 0 spiro atoms. The Morgan fingerprint density at radius 1 is 0.750 bits per heavy atom. The summed E-state index contributed by atoms with van der Waals surface area (Å²) in [6.07, 6.45) is 19.9. The van der Waals surface area contributed by atoms with E-state index in [1.54, 1.807) is 0 Å². The normalized spacial score (nSPS) is 19.0. The number of benzene rings is 2. The van der Waals surface area contributed by atoms with Crippen molar-refractivity contribution < 1.29 is 4.74 Å². The van der Waals surface area contributed by atoms with Crippen LogP contribution in [0, 0.1) is 0 Å². The number of hydrogen-bond donors (Lipinski definition) is 0. The van der Waals surface area contributed by atoms with Crippen molar-refractivity contribution in [1.82, 2.24) is 0 Å². The average Bonchev–Trinajstić information content (AvgIpc) is 2.74. The number of anilines is 2. The first kappa shape index (κ1) is 14.8. The highest BCUT2D eigenvalue weighted by Crippen LogP contribution is 2.51. The van der Waals surface area contributed by atoms with Gasteiger partial charge in [0.25, 0.3) is 0 Å². The molecule has 28 heavy (non-hydrogen) atoms. The van der Waals surface area contributed by atoms with Crippen LogP contribution in [-0.2, 0) is 12.8 Å². The maximum absolute atomic E-state index is 6.73. The Hall–Kier alpha value is -3.20. The van der Waals surface area contributed by atoms with Crippen LogP contribution in [0.4, 0.5) is 11.4 Å². The molecule has 0 aromatic heterocycles. The molecule has 0 saturated carbocycles. The SMILES string of the molecule is C1=CN2CC=Cc3cc4c(c(c32)C1)Oc1c(cc2c3c1C=CCN3CC=C2)C4. The van der Waals surface area contributed by atoms with Crippen LogP contribution in [-0.4, -0.2) is 19.6 Å². The van der Waals surface area contributed by atoms with Crippen molar-refractivity contribution in [2.75, 3.05) is 29.4 Å². The molecule has 7 rings (SSSR count). The third kappa shape index (κ3) is 1.84. The van der Waals surface area contributed by atoms with E-state index < -0.39 is 0 Å². The number of rotatable bonds is 0. The van der Waals surface area contributed by atoms with Gasteiger partial charge in [0.05, 0.1) is 11.4 Å². The van der Waals surface area contributed by atoms with Gasteiger partial charge >= 0.3 is 0 Å². The lowest BCUT2D eigenvalue weighted by molar-refractivity contribution is 0.453. The van der Waals surface area contributed by atoms with Gasteiger partial charge in [0.2, 0.25) is 0 Å². The summed E-state index contributed by atoms with van der Waals surface area (Å²) >= 11 is 0. The first-order valence-electron chi connectivity index (χ1n) is 10.1. The average molecular weight is 364 g/mol. The van der Waals surface area contributed by atoms with Crippen LogP contribution in [0.2, 0.25) is 0 Å². The van der Waals surface area contributed by atoms with Crippen molar-refractivity contribution in [2.45, 2.75) is 12.8 Å². The summed E-state index contributed by atoms with van der Waals surface area (Å²) in [7, 11) is 0. The smallest absolute Gasteiger partial charge is 0.140 e. The molecule has 5 aliphatic heterocycles. The van der Waals surface area contributed by atoms with E-state index in [1.165, 1.54) is 44.8 Å². The number of nitrogens with zero attached hydrogens (tertiary/aromatic N) is 2. The van der Waals surface area contributed by atoms with Gasteiger partial charge in [-0.25, -0.2) is 0 Å². The maximum atomic E-state index is 6.73. The molecule has 0 unspecified atom stereocenters. The number of ether oxygens (including phenoxy) is 1. The molecule has 3 heteroatoms. The fourth-order valence-electron chi connectivity index (χ4n) is 5.34. The van der Waals surface area contributed by atoms with E-state index in [0.29, 0.717) is 0 Å². The van der Waals surface area contributed by atoms with Gasteiger partial charge in [-0.1, -0.05) is 42.5 Å². The molecule has 5 heterocycles. The predicted octanol–water partition coefficient (Wildman–Crippen LogP) is 5.15. The Kier molecular flexibility index (Phi) is 2.75. The second-order valence-electron chi connectivity index (χ2n) is 8.13. The van der Waals surface area contributed by atoms with Gasteiger partial charge in [-0.05, 0) is 29.7 Å². The molecule has 0 N–H and O–H groups in total. The van der Waals surface area contributed by atoms with Gasteiger partial charge in [0.1, 0.15) is 11.5 Å². The van der Waals surface area contributed by atoms with Crippen molar-refractivity contribution in [3.8, 4) is 11.5 Å². The van der Waals surface area contributed by atoms with Crippen LogP contribution < -0.4 is 14.5 Å². The first-order chi connectivity index (χ1) is 13.9. The number of hydrogen-bond acceptors (Lipinski definition) is 3. The third-order valence-electron chi connectivity index (χ3n) is 6.48. The molecule has 5 aliphatic rings. The number of fused-ring (bicyclic) bond motifs is 4. The molecule has 2 aromatic rings. The molecule has 3 nitrogen and oxygen atoms in total. The molecule has 2 aromatic carbocycles. The Balaban J connectivity index is 1.46. The summed E-state index contributed by atoms with van der Waals surface area (Å²) < 4.78 is 6.73. The fraction of sp³-hybridized carbons (Fsp3) is 0.200. The van der Waals surface area contributed by atoms with Gasteiger partial charge in [-0.15, -0.1) is 0 Å². The Labute approximate surface area is 164 Å². The third-order valence-corrected chi connectivity index (χ3v) is 6.48. The van der Waals surface area contributed by atoms with Crippen LogP contribution in [0.1, 0.15) is 33.4 Å². The molecule has 0 amide bonds. The standard InChI is InChI=1S/C25H20N2O/c1-5-16-13-18-15-19-14-17-6-2-10-27-12-4-8-21(23(17)27)25(19)28-24(18)20-7-3-11-26(9-1)22(16)20/h1-7,12-14H,8-11,15H2. The molecular formula is C25H20N2O.